The summed E-state index contributed by atoms with van der Waals surface area (Å²) in [4.78, 5) is 0. The van der Waals surface area contributed by atoms with E-state index in [-0.39, 0.29) is 11.1 Å². The van der Waals surface area contributed by atoms with Gasteiger partial charge in [-0.15, -0.1) is 0 Å². The molecule has 0 spiro atoms. The van der Waals surface area contributed by atoms with E-state index in [2.05, 4.69) is 33.9 Å². The van der Waals surface area contributed by atoms with Crippen LogP contribution in [0.5, 0.6) is 0 Å². The van der Waals surface area contributed by atoms with Crippen molar-refractivity contribution in [3.63, 3.8) is 0 Å². The maximum atomic E-state index is 10.5. The number of rotatable bonds is 3. The van der Waals surface area contributed by atoms with E-state index in [0.29, 0.717) is 0 Å². The number of hydrogen-bond donors (Lipinski definition) is 1. The zero-order chi connectivity index (χ0) is 16.2. The van der Waals surface area contributed by atoms with Crippen LogP contribution in [0, 0.1) is 0 Å². The SMILES string of the molecule is C[C@H](O[Si](C)(C)C(C)(C)C)[C@H]1O[C@@H]2OC(C)(C)O[C@@H]2[C@H]1O. The van der Waals surface area contributed by atoms with Gasteiger partial charge in [-0.1, -0.05) is 20.8 Å². The Hall–Kier alpha value is 0.0169. The Balaban J connectivity index is 2.02. The van der Waals surface area contributed by atoms with Gasteiger partial charge in [0.2, 0.25) is 0 Å². The van der Waals surface area contributed by atoms with Gasteiger partial charge in [0.15, 0.2) is 20.4 Å². The zero-order valence-corrected chi connectivity index (χ0v) is 15.5. The second-order valence-corrected chi connectivity index (χ2v) is 12.9. The van der Waals surface area contributed by atoms with E-state index in [1.54, 1.807) is 0 Å². The summed E-state index contributed by atoms with van der Waals surface area (Å²) in [5.41, 5.74) is 0. The molecule has 0 unspecified atom stereocenters. The molecule has 0 aromatic heterocycles. The van der Waals surface area contributed by atoms with E-state index < -0.39 is 38.7 Å². The Bertz CT molecular complexity index is 390. The maximum absolute atomic E-state index is 10.5. The highest BCUT2D eigenvalue weighted by atomic mass is 28.4. The summed E-state index contributed by atoms with van der Waals surface area (Å²) >= 11 is 0. The highest BCUT2D eigenvalue weighted by Crippen LogP contribution is 2.41. The summed E-state index contributed by atoms with van der Waals surface area (Å²) in [6, 6.07) is 0. The van der Waals surface area contributed by atoms with Crippen molar-refractivity contribution in [1.29, 1.82) is 0 Å². The average molecular weight is 318 g/mol. The molecule has 0 aromatic rings. The second-order valence-electron chi connectivity index (χ2n) is 8.14. The molecule has 0 saturated carbocycles. The Morgan fingerprint density at radius 1 is 1.19 bits per heavy atom. The van der Waals surface area contributed by atoms with E-state index in [9.17, 15) is 5.11 Å². The van der Waals surface area contributed by atoms with Gasteiger partial charge in [0, 0.05) is 0 Å². The number of ether oxygens (including phenoxy) is 3. The number of aliphatic hydroxyl groups is 1. The first-order chi connectivity index (χ1) is 9.34. The fraction of sp³-hybridized carbons (Fsp3) is 1.00. The molecule has 2 fully saturated rings. The molecule has 0 aliphatic carbocycles. The van der Waals surface area contributed by atoms with Crippen molar-refractivity contribution in [3.8, 4) is 0 Å². The fourth-order valence-electron chi connectivity index (χ4n) is 2.61. The van der Waals surface area contributed by atoms with Gasteiger partial charge in [-0.05, 0) is 38.9 Å². The molecule has 0 amide bonds. The maximum Gasteiger partial charge on any atom is 0.192 e. The van der Waals surface area contributed by atoms with E-state index >= 15 is 0 Å². The minimum absolute atomic E-state index is 0.121. The normalized spacial score (nSPS) is 37.6. The second kappa shape index (κ2) is 5.28. The molecule has 2 heterocycles. The lowest BCUT2D eigenvalue weighted by molar-refractivity contribution is -0.223. The minimum atomic E-state index is -1.90. The Labute approximate surface area is 129 Å². The van der Waals surface area contributed by atoms with Crippen molar-refractivity contribution in [2.24, 2.45) is 0 Å². The Morgan fingerprint density at radius 3 is 2.24 bits per heavy atom. The quantitative estimate of drug-likeness (QED) is 0.811. The van der Waals surface area contributed by atoms with Gasteiger partial charge in [0.1, 0.15) is 18.3 Å². The molecule has 0 bridgehead atoms. The molecule has 2 saturated heterocycles. The molecule has 5 nitrogen and oxygen atoms in total. The van der Waals surface area contributed by atoms with E-state index in [1.807, 2.05) is 20.8 Å². The van der Waals surface area contributed by atoms with Crippen molar-refractivity contribution in [3.05, 3.63) is 0 Å². The van der Waals surface area contributed by atoms with E-state index in [1.165, 1.54) is 0 Å². The van der Waals surface area contributed by atoms with Crippen LogP contribution in [0.1, 0.15) is 41.5 Å². The van der Waals surface area contributed by atoms with Crippen LogP contribution < -0.4 is 0 Å². The van der Waals surface area contributed by atoms with Crippen molar-refractivity contribution >= 4 is 8.32 Å². The first kappa shape index (κ1) is 17.4. The number of fused-ring (bicyclic) bond motifs is 1. The summed E-state index contributed by atoms with van der Waals surface area (Å²) in [6.45, 7) is 16.6. The molecule has 21 heavy (non-hydrogen) atoms. The molecule has 0 aromatic carbocycles. The highest BCUT2D eigenvalue weighted by Gasteiger charge is 2.56. The van der Waals surface area contributed by atoms with Crippen LogP contribution in [0.3, 0.4) is 0 Å². The third-order valence-electron chi connectivity index (χ3n) is 4.80. The van der Waals surface area contributed by atoms with Gasteiger partial charge in [-0.3, -0.25) is 0 Å². The van der Waals surface area contributed by atoms with Gasteiger partial charge in [-0.25, -0.2) is 0 Å². The molecule has 0 radical (unpaired) electrons. The standard InChI is InChI=1S/C15H30O5Si/c1-9(20-21(7,8)14(2,3)4)11-10(16)12-13(17-11)19-15(5,6)18-12/h9-13,16H,1-8H3/t9-,10-,11+,12+,13+/m0/s1. The monoisotopic (exact) mass is 318 g/mol. The molecule has 2 aliphatic rings. The number of aliphatic hydroxyl groups excluding tert-OH is 1. The molecule has 6 heteroatoms. The third-order valence-corrected chi connectivity index (χ3v) is 9.38. The van der Waals surface area contributed by atoms with Crippen LogP contribution in [0.25, 0.3) is 0 Å². The lowest BCUT2D eigenvalue weighted by atomic mass is 10.1. The molecule has 2 aliphatic heterocycles. The van der Waals surface area contributed by atoms with Crippen LogP contribution in [-0.4, -0.2) is 49.9 Å². The summed E-state index contributed by atoms with van der Waals surface area (Å²) < 4.78 is 23.6. The summed E-state index contributed by atoms with van der Waals surface area (Å²) in [6.07, 6.45) is -2.27. The van der Waals surface area contributed by atoms with Crippen LogP contribution in [0.15, 0.2) is 0 Å². The Kier molecular flexibility index (Phi) is 4.37. The molecule has 5 atom stereocenters. The van der Waals surface area contributed by atoms with Crippen LogP contribution >= 0.6 is 0 Å². The van der Waals surface area contributed by atoms with E-state index in [0.717, 1.165) is 0 Å². The molecule has 1 N–H and O–H groups in total. The van der Waals surface area contributed by atoms with Gasteiger partial charge in [0.25, 0.3) is 0 Å². The average Bonchev–Trinajstić information content (AvgIpc) is 2.71. The fourth-order valence-corrected chi connectivity index (χ4v) is 4.03. The predicted octanol–water partition coefficient (Wildman–Crippen LogP) is 2.63. The van der Waals surface area contributed by atoms with Crippen molar-refractivity contribution in [2.75, 3.05) is 0 Å². The summed E-state index contributed by atoms with van der Waals surface area (Å²) in [7, 11) is -1.90. The highest BCUT2D eigenvalue weighted by molar-refractivity contribution is 6.74. The topological polar surface area (TPSA) is 57.2 Å². The van der Waals surface area contributed by atoms with Crippen molar-refractivity contribution in [2.45, 2.75) is 96.2 Å². The van der Waals surface area contributed by atoms with Gasteiger partial charge < -0.3 is 23.7 Å². The van der Waals surface area contributed by atoms with Gasteiger partial charge in [-0.2, -0.15) is 0 Å². The zero-order valence-electron chi connectivity index (χ0n) is 14.5. The predicted molar refractivity (Wildman–Crippen MR) is 82.4 cm³/mol. The van der Waals surface area contributed by atoms with Crippen molar-refractivity contribution in [1.82, 2.24) is 0 Å². The summed E-state index contributed by atoms with van der Waals surface area (Å²) in [5.74, 6) is -0.704. The smallest absolute Gasteiger partial charge is 0.192 e. The summed E-state index contributed by atoms with van der Waals surface area (Å²) in [5, 5.41) is 10.6. The van der Waals surface area contributed by atoms with Crippen LogP contribution in [-0.2, 0) is 18.6 Å². The third kappa shape index (κ3) is 3.35. The molecular weight excluding hydrogens is 288 g/mol. The lowest BCUT2D eigenvalue weighted by Crippen LogP contribution is -2.49. The Morgan fingerprint density at radius 2 is 1.76 bits per heavy atom. The molecule has 124 valence electrons. The molecule has 2 rings (SSSR count). The minimum Gasteiger partial charge on any atom is -0.411 e. The largest absolute Gasteiger partial charge is 0.411 e. The van der Waals surface area contributed by atoms with Crippen LogP contribution in [0.2, 0.25) is 18.1 Å². The lowest BCUT2D eigenvalue weighted by Gasteiger charge is -2.40. The molecular formula is C15H30O5Si. The van der Waals surface area contributed by atoms with E-state index in [4.69, 9.17) is 18.6 Å². The number of hydrogen-bond acceptors (Lipinski definition) is 5. The first-order valence-corrected chi connectivity index (χ1v) is 10.6. The van der Waals surface area contributed by atoms with Gasteiger partial charge >= 0.3 is 0 Å². The van der Waals surface area contributed by atoms with Crippen molar-refractivity contribution < 1.29 is 23.7 Å². The van der Waals surface area contributed by atoms with Gasteiger partial charge in [0.05, 0.1) is 6.10 Å². The first-order valence-electron chi connectivity index (χ1n) is 7.71. The van der Waals surface area contributed by atoms with Crippen LogP contribution in [0.4, 0.5) is 0 Å².